The zero-order valence-electron chi connectivity index (χ0n) is 36.9. The molecule has 2 fully saturated rings. The molecule has 4 aromatic carbocycles. The van der Waals surface area contributed by atoms with Crippen LogP contribution in [0, 0.1) is 11.8 Å². The molecule has 64 heavy (non-hydrogen) atoms. The molecule has 4 amide bonds. The van der Waals surface area contributed by atoms with Gasteiger partial charge in [0, 0.05) is 24.2 Å². The molecule has 2 saturated heterocycles. The summed E-state index contributed by atoms with van der Waals surface area (Å²) in [4.78, 5) is 72.4. The van der Waals surface area contributed by atoms with E-state index in [2.05, 4.69) is 88.2 Å². The van der Waals surface area contributed by atoms with Crippen LogP contribution in [0.1, 0.15) is 75.4 Å². The van der Waals surface area contributed by atoms with Crippen molar-refractivity contribution in [1.82, 2.24) is 40.4 Å². The number of rotatable bonds is 12. The lowest BCUT2D eigenvalue weighted by Gasteiger charge is -2.30. The molecule has 0 bridgehead atoms. The zero-order valence-corrected chi connectivity index (χ0v) is 36.9. The summed E-state index contributed by atoms with van der Waals surface area (Å²) in [6.07, 6.45) is 4.54. The highest BCUT2D eigenvalue weighted by molar-refractivity contribution is 5.91. The molecule has 15 heteroatoms. The number of ether oxygens (including phenoxy) is 3. The maximum atomic E-state index is 14.1. The van der Waals surface area contributed by atoms with Gasteiger partial charge in [-0.25, -0.2) is 19.6 Å². The van der Waals surface area contributed by atoms with Crippen molar-refractivity contribution in [3.8, 4) is 39.4 Å². The molecule has 8 rings (SSSR count). The predicted octanol–water partition coefficient (Wildman–Crippen LogP) is 8.35. The molecule has 0 radical (unpaired) electrons. The van der Waals surface area contributed by atoms with Crippen molar-refractivity contribution >= 4 is 34.8 Å². The van der Waals surface area contributed by atoms with Crippen molar-refractivity contribution in [1.29, 1.82) is 0 Å². The van der Waals surface area contributed by atoms with Crippen molar-refractivity contribution in [3.63, 3.8) is 0 Å². The van der Waals surface area contributed by atoms with Crippen LogP contribution in [0.5, 0.6) is 5.75 Å². The maximum Gasteiger partial charge on any atom is 0.407 e. The monoisotopic (exact) mass is 866 g/mol. The van der Waals surface area contributed by atoms with Crippen molar-refractivity contribution in [2.75, 3.05) is 34.4 Å². The van der Waals surface area contributed by atoms with Gasteiger partial charge in [-0.3, -0.25) is 9.59 Å². The first-order valence-electron chi connectivity index (χ1n) is 21.6. The summed E-state index contributed by atoms with van der Waals surface area (Å²) >= 11 is 0. The molecule has 0 aliphatic carbocycles. The molecule has 0 saturated carbocycles. The zero-order chi connectivity index (χ0) is 45.1. The Balaban J connectivity index is 0.953. The smallest absolute Gasteiger partial charge is 0.407 e. The van der Waals surface area contributed by atoms with Gasteiger partial charge in [-0.05, 0) is 76.8 Å². The molecule has 6 aromatic rings. The Bertz CT molecular complexity index is 2660. The second kappa shape index (κ2) is 18.7. The number of likely N-dealkylation sites (tertiary alicyclic amines) is 2. The number of imidazole rings is 2. The summed E-state index contributed by atoms with van der Waals surface area (Å²) in [5, 5.41) is 7.60. The Morgan fingerprint density at radius 2 is 1.30 bits per heavy atom. The van der Waals surface area contributed by atoms with Gasteiger partial charge in [0.2, 0.25) is 5.91 Å². The highest BCUT2D eigenvalue weighted by atomic mass is 16.5. The number of benzene rings is 4. The van der Waals surface area contributed by atoms with E-state index in [9.17, 15) is 19.2 Å². The molecule has 5 atom stereocenters. The molecular formula is C49H54N8O7. The molecule has 4 heterocycles. The van der Waals surface area contributed by atoms with E-state index in [0.29, 0.717) is 30.2 Å². The fraction of sp³-hybridized carbons (Fsp3) is 0.347. The number of amides is 4. The van der Waals surface area contributed by atoms with Crippen LogP contribution in [0.2, 0.25) is 0 Å². The van der Waals surface area contributed by atoms with Gasteiger partial charge in [0.25, 0.3) is 5.91 Å². The molecule has 332 valence electrons. The van der Waals surface area contributed by atoms with Gasteiger partial charge in [0.15, 0.2) is 0 Å². The minimum absolute atomic E-state index is 0.120. The molecule has 2 aliphatic rings. The fourth-order valence-electron chi connectivity index (χ4n) is 9.00. The molecular weight excluding hydrogens is 813 g/mol. The van der Waals surface area contributed by atoms with Gasteiger partial charge >= 0.3 is 12.2 Å². The Hall–Kier alpha value is -7.16. The third-order valence-electron chi connectivity index (χ3n) is 12.4. The van der Waals surface area contributed by atoms with E-state index in [1.54, 1.807) is 29.3 Å². The lowest BCUT2D eigenvalue weighted by atomic mass is 9.98. The van der Waals surface area contributed by atoms with Crippen LogP contribution in [0.3, 0.4) is 0 Å². The van der Waals surface area contributed by atoms with E-state index in [1.807, 2.05) is 31.0 Å². The Morgan fingerprint density at radius 3 is 1.97 bits per heavy atom. The summed E-state index contributed by atoms with van der Waals surface area (Å²) in [5.41, 5.74) is 6.31. The number of carbonyl (C=O) groups excluding carboxylic acids is 4. The van der Waals surface area contributed by atoms with Crippen LogP contribution in [0.4, 0.5) is 9.59 Å². The maximum absolute atomic E-state index is 14.1. The summed E-state index contributed by atoms with van der Waals surface area (Å²) in [7, 11) is 4.09. The third-order valence-corrected chi connectivity index (χ3v) is 12.4. The minimum atomic E-state index is -1.01. The predicted molar refractivity (Wildman–Crippen MR) is 242 cm³/mol. The summed E-state index contributed by atoms with van der Waals surface area (Å²) in [5.74, 6) is 1.62. The number of carbonyl (C=O) groups is 4. The van der Waals surface area contributed by atoms with E-state index < -0.39 is 24.3 Å². The number of nitrogens with one attached hydrogen (secondary N) is 4. The van der Waals surface area contributed by atoms with E-state index in [1.165, 1.54) is 21.3 Å². The van der Waals surface area contributed by atoms with Gasteiger partial charge < -0.3 is 44.6 Å². The summed E-state index contributed by atoms with van der Waals surface area (Å²) < 4.78 is 15.2. The average Bonchev–Trinajstić information content (AvgIpc) is 4.16. The van der Waals surface area contributed by atoms with Gasteiger partial charge in [-0.15, -0.1) is 0 Å². The van der Waals surface area contributed by atoms with Crippen molar-refractivity contribution in [2.24, 2.45) is 11.8 Å². The minimum Gasteiger partial charge on any atom is -0.496 e. The van der Waals surface area contributed by atoms with E-state index in [4.69, 9.17) is 24.2 Å². The largest absolute Gasteiger partial charge is 0.496 e. The fourth-order valence-corrected chi connectivity index (χ4v) is 9.00. The van der Waals surface area contributed by atoms with Crippen molar-refractivity contribution < 1.29 is 33.4 Å². The number of aromatic amines is 2. The molecule has 4 N–H and O–H groups in total. The van der Waals surface area contributed by atoms with Crippen molar-refractivity contribution in [2.45, 2.75) is 64.2 Å². The quantitative estimate of drug-likeness (QED) is 0.0939. The van der Waals surface area contributed by atoms with Gasteiger partial charge in [0.05, 0.1) is 57.2 Å². The molecule has 0 spiro atoms. The number of hydrogen-bond donors (Lipinski definition) is 4. The van der Waals surface area contributed by atoms with Gasteiger partial charge in [-0.2, -0.15) is 0 Å². The van der Waals surface area contributed by atoms with Crippen LogP contribution in [0.15, 0.2) is 97.3 Å². The van der Waals surface area contributed by atoms with Crippen LogP contribution < -0.4 is 15.4 Å². The average molecular weight is 867 g/mol. The molecule has 15 nitrogen and oxygen atoms in total. The number of H-pyrrole nitrogens is 2. The number of aromatic nitrogens is 4. The SMILES string of the molecule is COC(=O)N[C@H](C(=O)N1C[C@H](C)C[C@H]1c1ncc(-c2ccc3cc(-c4ccc(-c5cnc([C@@H]6CCCN6C(=O)[C@H](NC(=O)OC)c6ccccc6OC)[nH]5)cc4)ccc3c2)[nH]1)C(C)C. The Morgan fingerprint density at radius 1 is 0.703 bits per heavy atom. The number of para-hydroxylation sites is 1. The molecule has 2 aliphatic heterocycles. The highest BCUT2D eigenvalue weighted by Gasteiger charge is 2.41. The molecule has 0 unspecified atom stereocenters. The second-order valence-corrected chi connectivity index (χ2v) is 16.9. The standard InChI is InChI=1S/C49H54N8O7/c1-28(2)42(54-48(60)63-5)46(58)57-27-29(3)22-40(57)45-51-26-38(53-45)35-20-19-33-23-32(17-18-34(33)24-35)30-13-15-31(16-14-30)37-25-50-44(52-37)39-11-9-21-56(39)47(59)43(55-49(61)64-6)36-10-7-8-12-41(36)62-4/h7-8,10,12-20,23-26,28-29,39-40,42-43H,9,11,21-22,27H2,1-6H3,(H,50,52)(H,51,53)(H,54,60)(H,55,61)/t29-,39+,40+,42+,43-/m1/s1. The van der Waals surface area contributed by atoms with Gasteiger partial charge in [0.1, 0.15) is 29.5 Å². The summed E-state index contributed by atoms with van der Waals surface area (Å²) in [6, 6.07) is 25.9. The second-order valence-electron chi connectivity index (χ2n) is 16.9. The van der Waals surface area contributed by atoms with Crippen LogP contribution in [-0.4, -0.2) is 94.2 Å². The number of fused-ring (bicyclic) bond motifs is 1. The van der Waals surface area contributed by atoms with E-state index >= 15 is 0 Å². The topological polar surface area (TPSA) is 184 Å². The van der Waals surface area contributed by atoms with Crippen LogP contribution >= 0.6 is 0 Å². The van der Waals surface area contributed by atoms with E-state index in [-0.39, 0.29) is 35.7 Å². The summed E-state index contributed by atoms with van der Waals surface area (Å²) in [6.45, 7) is 7.02. The Labute approximate surface area is 371 Å². The number of alkyl carbamates (subject to hydrolysis) is 2. The lowest BCUT2D eigenvalue weighted by Crippen LogP contribution is -2.51. The number of hydrogen-bond acceptors (Lipinski definition) is 9. The van der Waals surface area contributed by atoms with E-state index in [0.717, 1.165) is 69.5 Å². The van der Waals surface area contributed by atoms with Crippen molar-refractivity contribution in [3.05, 3.63) is 115 Å². The van der Waals surface area contributed by atoms with Gasteiger partial charge in [-0.1, -0.05) is 87.5 Å². The normalized spacial score (nSPS) is 18.2. The highest BCUT2D eigenvalue weighted by Crippen LogP contribution is 2.38. The van der Waals surface area contributed by atoms with Crippen LogP contribution in [-0.2, 0) is 19.1 Å². The number of methoxy groups -OCH3 is 3. The Kier molecular flexibility index (Phi) is 12.7. The first kappa shape index (κ1) is 43.5. The first-order chi connectivity index (χ1) is 31.0. The van der Waals surface area contributed by atoms with Crippen LogP contribution in [0.25, 0.3) is 44.4 Å². The molecule has 2 aromatic heterocycles. The first-order valence-corrected chi connectivity index (χ1v) is 21.6. The third kappa shape index (κ3) is 8.87. The number of nitrogens with zero attached hydrogens (tertiary/aromatic N) is 4. The lowest BCUT2D eigenvalue weighted by molar-refractivity contribution is -0.136.